The van der Waals surface area contributed by atoms with E-state index in [1.54, 1.807) is 18.2 Å². The summed E-state index contributed by atoms with van der Waals surface area (Å²) in [7, 11) is 0. The number of aromatic nitrogens is 1. The fourth-order valence-electron chi connectivity index (χ4n) is 8.34. The summed E-state index contributed by atoms with van der Waals surface area (Å²) in [5, 5.41) is 17.9. The van der Waals surface area contributed by atoms with Crippen molar-refractivity contribution in [3.8, 4) is 11.8 Å². The highest BCUT2D eigenvalue weighted by molar-refractivity contribution is 7.81. The Labute approximate surface area is 362 Å². The zero-order valence-corrected chi connectivity index (χ0v) is 35.2. The number of hydrogen-bond donors (Lipinski definition) is 4. The smallest absolute Gasteiger partial charge is 0.419 e. The molecule has 320 valence electrons. The topological polar surface area (TPSA) is 160 Å². The quantitative estimate of drug-likeness (QED) is 0.111. The number of nitriles is 1. The summed E-state index contributed by atoms with van der Waals surface area (Å²) < 4.78 is 47.7. The number of anilines is 4. The Morgan fingerprint density at radius 3 is 2.47 bits per heavy atom. The lowest BCUT2D eigenvalue weighted by molar-refractivity contribution is -0.138. The van der Waals surface area contributed by atoms with E-state index in [1.165, 1.54) is 11.0 Å². The van der Waals surface area contributed by atoms with Crippen LogP contribution in [0.15, 0.2) is 48.7 Å². The maximum Gasteiger partial charge on any atom is 0.419 e. The minimum Gasteiger partial charge on any atom is -0.493 e. The van der Waals surface area contributed by atoms with E-state index in [4.69, 9.17) is 29.0 Å². The number of halogens is 5. The summed E-state index contributed by atoms with van der Waals surface area (Å²) in [5.41, 5.74) is -1.23. The second-order valence-corrected chi connectivity index (χ2v) is 16.3. The number of benzene rings is 2. The van der Waals surface area contributed by atoms with Crippen LogP contribution < -0.4 is 30.5 Å². The summed E-state index contributed by atoms with van der Waals surface area (Å²) in [6.45, 7) is 4.20. The SMILES string of the molecule is CCc1cc(N2C(S)N(c3cnc(C#N)c(C(F)(F)F)c3)C(=O)C23CCC3)ccc1OCCC1CCN(CC(=O)Nc2cc(Cl)cc(NC3CCC(=O)NC3=O)c2)CC1.Cl. The number of likely N-dealkylation sites (tertiary alicyclic amines) is 1. The second kappa shape index (κ2) is 18.5. The number of rotatable bonds is 12. The standard InChI is InChI=1S/C41H44ClF3N8O5S.ClH/c1-2-25-16-29(53-39(59)52(38(57)40(53)11-3-12-40)30-20-31(41(43,44)45)33(21-46)47-22-30)4-6-34(25)58-15-10-24-8-13-51(14-9-24)23-36(55)49-28-18-26(42)17-27(19-28)48-32-5-7-35(54)50-37(32)56;/h4,6,16-20,22,24,32,39,48,59H,2-3,5,7-15,23H2,1H3,(H,49,55)(H,50,54,56);1H. The summed E-state index contributed by atoms with van der Waals surface area (Å²) in [6.07, 6.45) is 1.97. The summed E-state index contributed by atoms with van der Waals surface area (Å²) in [4.78, 5) is 59.6. The minimum absolute atomic E-state index is 0. The van der Waals surface area contributed by atoms with Crippen LogP contribution >= 0.6 is 36.6 Å². The van der Waals surface area contributed by atoms with Gasteiger partial charge in [0.2, 0.25) is 17.7 Å². The van der Waals surface area contributed by atoms with E-state index in [9.17, 15) is 37.6 Å². The number of hydrogen-bond acceptors (Lipinski definition) is 11. The van der Waals surface area contributed by atoms with E-state index in [0.29, 0.717) is 66.0 Å². The maximum atomic E-state index is 14.0. The molecule has 7 rings (SSSR count). The number of imide groups is 1. The van der Waals surface area contributed by atoms with Gasteiger partial charge in [0.1, 0.15) is 23.4 Å². The molecule has 1 spiro atoms. The van der Waals surface area contributed by atoms with Gasteiger partial charge in [-0.1, -0.05) is 18.5 Å². The molecule has 3 aromatic rings. The second-order valence-electron chi connectivity index (χ2n) is 15.4. The van der Waals surface area contributed by atoms with Crippen LogP contribution in [0, 0.1) is 17.2 Å². The van der Waals surface area contributed by atoms with Crippen LogP contribution in [0.3, 0.4) is 0 Å². The van der Waals surface area contributed by atoms with Crippen molar-refractivity contribution in [2.24, 2.45) is 5.92 Å². The molecular formula is C41H45Cl2F3N8O5S. The molecule has 2 aromatic carbocycles. The van der Waals surface area contributed by atoms with Crippen LogP contribution in [0.4, 0.5) is 35.9 Å². The third-order valence-electron chi connectivity index (χ3n) is 11.6. The van der Waals surface area contributed by atoms with Gasteiger partial charge in [-0.25, -0.2) is 4.98 Å². The molecule has 1 saturated carbocycles. The summed E-state index contributed by atoms with van der Waals surface area (Å²) >= 11 is 11.1. The first-order valence-electron chi connectivity index (χ1n) is 19.7. The van der Waals surface area contributed by atoms with Crippen LogP contribution in [-0.2, 0) is 31.8 Å². The van der Waals surface area contributed by atoms with Crippen LogP contribution in [0.5, 0.6) is 5.75 Å². The van der Waals surface area contributed by atoms with Crippen molar-refractivity contribution in [1.29, 1.82) is 5.26 Å². The van der Waals surface area contributed by atoms with Gasteiger partial charge in [-0.3, -0.25) is 34.3 Å². The van der Waals surface area contributed by atoms with Crippen molar-refractivity contribution in [3.63, 3.8) is 0 Å². The van der Waals surface area contributed by atoms with Crippen molar-refractivity contribution < 1.29 is 37.1 Å². The van der Waals surface area contributed by atoms with Crippen molar-refractivity contribution >= 4 is 83.0 Å². The van der Waals surface area contributed by atoms with E-state index in [2.05, 4.69) is 25.8 Å². The summed E-state index contributed by atoms with van der Waals surface area (Å²) in [5.74, 6) is -0.120. The third kappa shape index (κ3) is 9.41. The molecule has 3 saturated heterocycles. The maximum absolute atomic E-state index is 14.0. The number of nitrogens with zero attached hydrogens (tertiary/aromatic N) is 5. The van der Waals surface area contributed by atoms with Gasteiger partial charge in [0, 0.05) is 28.5 Å². The highest BCUT2D eigenvalue weighted by Crippen LogP contribution is 2.51. The molecule has 0 radical (unpaired) electrons. The number of ether oxygens (including phenoxy) is 1. The Morgan fingerprint density at radius 2 is 1.82 bits per heavy atom. The number of aryl methyl sites for hydroxylation is 1. The van der Waals surface area contributed by atoms with Gasteiger partial charge in [-0.05, 0) is 118 Å². The number of pyridine rings is 1. The molecule has 4 aliphatic rings. The van der Waals surface area contributed by atoms with E-state index in [0.717, 1.165) is 56.6 Å². The average molecular weight is 890 g/mol. The predicted molar refractivity (Wildman–Crippen MR) is 225 cm³/mol. The molecule has 3 N–H and O–H groups in total. The van der Waals surface area contributed by atoms with E-state index in [1.807, 2.05) is 30.0 Å². The molecule has 19 heteroatoms. The minimum atomic E-state index is -4.83. The number of piperidine rings is 2. The Kier molecular flexibility index (Phi) is 13.8. The Hall–Kier alpha value is -4.76. The number of nitrogens with one attached hydrogen (secondary N) is 3. The van der Waals surface area contributed by atoms with Crippen molar-refractivity contribution in [1.82, 2.24) is 15.2 Å². The molecule has 4 amide bonds. The molecule has 1 aliphatic carbocycles. The molecule has 0 bridgehead atoms. The fourth-order valence-corrected chi connectivity index (χ4v) is 9.17. The largest absolute Gasteiger partial charge is 0.493 e. The van der Waals surface area contributed by atoms with Crippen molar-refractivity contribution in [3.05, 3.63) is 70.5 Å². The zero-order valence-electron chi connectivity index (χ0n) is 32.7. The average Bonchev–Trinajstić information content (AvgIpc) is 3.42. The molecule has 2 unspecified atom stereocenters. The van der Waals surface area contributed by atoms with Gasteiger partial charge in [-0.15, -0.1) is 25.0 Å². The molecule has 4 fully saturated rings. The van der Waals surface area contributed by atoms with Gasteiger partial charge in [0.05, 0.1) is 30.6 Å². The zero-order chi connectivity index (χ0) is 42.1. The molecule has 13 nitrogen and oxygen atoms in total. The number of amides is 4. The number of carbonyl (C=O) groups excluding carboxylic acids is 4. The molecule has 3 aliphatic heterocycles. The third-order valence-corrected chi connectivity index (χ3v) is 12.3. The Balaban J connectivity index is 0.00000604. The van der Waals surface area contributed by atoms with Crippen LogP contribution in [0.2, 0.25) is 5.02 Å². The Morgan fingerprint density at radius 1 is 1.08 bits per heavy atom. The Bertz CT molecular complexity index is 2180. The number of alkyl halides is 3. The van der Waals surface area contributed by atoms with E-state index in [-0.39, 0.29) is 48.8 Å². The van der Waals surface area contributed by atoms with Gasteiger partial charge in [0.15, 0.2) is 11.2 Å². The highest BCUT2D eigenvalue weighted by Gasteiger charge is 2.60. The summed E-state index contributed by atoms with van der Waals surface area (Å²) in [6, 6.07) is 12.4. The molecule has 60 heavy (non-hydrogen) atoms. The lowest BCUT2D eigenvalue weighted by atomic mass is 9.75. The van der Waals surface area contributed by atoms with Gasteiger partial charge in [0.25, 0.3) is 5.91 Å². The normalized spacial score (nSPS) is 20.6. The van der Waals surface area contributed by atoms with Crippen LogP contribution in [0.25, 0.3) is 0 Å². The first-order chi connectivity index (χ1) is 28.2. The highest BCUT2D eigenvalue weighted by atomic mass is 35.5. The van der Waals surface area contributed by atoms with Gasteiger partial charge >= 0.3 is 6.18 Å². The number of thiol groups is 1. The van der Waals surface area contributed by atoms with Gasteiger partial charge in [-0.2, -0.15) is 18.4 Å². The first-order valence-corrected chi connectivity index (χ1v) is 20.6. The predicted octanol–water partition coefficient (Wildman–Crippen LogP) is 6.94. The van der Waals surface area contributed by atoms with Crippen molar-refractivity contribution in [2.45, 2.75) is 88.0 Å². The van der Waals surface area contributed by atoms with E-state index >= 15 is 0 Å². The van der Waals surface area contributed by atoms with Crippen molar-refractivity contribution in [2.75, 3.05) is 46.7 Å². The number of carbonyl (C=O) groups is 4. The molecule has 1 aromatic heterocycles. The molecule has 4 heterocycles. The lowest BCUT2D eigenvalue weighted by Gasteiger charge is -2.44. The fraction of sp³-hybridized carbons (Fsp3) is 0.463. The lowest BCUT2D eigenvalue weighted by Crippen LogP contribution is -2.55. The molecular weight excluding hydrogens is 844 g/mol. The van der Waals surface area contributed by atoms with Gasteiger partial charge < -0.3 is 20.3 Å². The van der Waals surface area contributed by atoms with E-state index < -0.39 is 40.4 Å². The van der Waals surface area contributed by atoms with Crippen LogP contribution in [-0.4, -0.2) is 76.8 Å². The molecule has 2 atom stereocenters. The van der Waals surface area contributed by atoms with Crippen LogP contribution in [0.1, 0.15) is 75.1 Å². The first kappa shape index (κ1) is 44.8. The monoisotopic (exact) mass is 888 g/mol.